The standard InChI is InChI=1S/C22H18ClN3OS2/c23-16-9-7-14(8-10-16)20-25-18(13-28-20)22(27)26-11-3-4-15(12-26)21-24-17-5-1-2-6-19(17)29-21/h1-2,5-10,13,15H,3-4,11-12H2. The van der Waals surface area contributed by atoms with Crippen molar-refractivity contribution in [2.45, 2.75) is 18.8 Å². The second-order valence-electron chi connectivity index (χ2n) is 7.15. The SMILES string of the molecule is O=C(c1csc(-c2ccc(Cl)cc2)n1)N1CCCC(c2nc3ccccc3s2)C1. The molecule has 146 valence electrons. The van der Waals surface area contributed by atoms with Crippen molar-refractivity contribution in [3.8, 4) is 10.6 Å². The molecule has 2 aromatic carbocycles. The molecule has 0 bridgehead atoms. The Labute approximate surface area is 181 Å². The van der Waals surface area contributed by atoms with Gasteiger partial charge in [-0.15, -0.1) is 22.7 Å². The molecule has 1 aliphatic heterocycles. The number of piperidine rings is 1. The molecule has 2 aromatic heterocycles. The van der Waals surface area contributed by atoms with Crippen LogP contribution in [-0.2, 0) is 0 Å². The van der Waals surface area contributed by atoms with Crippen LogP contribution in [0, 0.1) is 0 Å². The fraction of sp³-hybridized carbons (Fsp3) is 0.227. The third kappa shape index (κ3) is 3.80. The van der Waals surface area contributed by atoms with Gasteiger partial charge >= 0.3 is 0 Å². The number of amides is 1. The normalized spacial score (nSPS) is 17.0. The third-order valence-electron chi connectivity index (χ3n) is 5.18. The van der Waals surface area contributed by atoms with E-state index in [1.165, 1.54) is 16.0 Å². The molecule has 4 nitrogen and oxygen atoms in total. The van der Waals surface area contributed by atoms with Gasteiger partial charge in [-0.1, -0.05) is 35.9 Å². The second-order valence-corrected chi connectivity index (χ2v) is 9.51. The Morgan fingerprint density at radius 1 is 1.10 bits per heavy atom. The maximum absolute atomic E-state index is 13.1. The van der Waals surface area contributed by atoms with Crippen LogP contribution in [0.15, 0.2) is 53.9 Å². The number of thiazole rings is 2. The average molecular weight is 440 g/mol. The van der Waals surface area contributed by atoms with Gasteiger partial charge in [-0.3, -0.25) is 4.79 Å². The van der Waals surface area contributed by atoms with Crippen LogP contribution in [0.3, 0.4) is 0 Å². The molecule has 3 heterocycles. The van der Waals surface area contributed by atoms with E-state index in [-0.39, 0.29) is 5.91 Å². The minimum atomic E-state index is 0.00674. The quantitative estimate of drug-likeness (QED) is 0.388. The van der Waals surface area contributed by atoms with Crippen molar-refractivity contribution in [2.75, 3.05) is 13.1 Å². The van der Waals surface area contributed by atoms with Gasteiger partial charge < -0.3 is 4.90 Å². The summed E-state index contributed by atoms with van der Waals surface area (Å²) in [6.07, 6.45) is 2.05. The van der Waals surface area contributed by atoms with Crippen LogP contribution in [0.2, 0.25) is 5.02 Å². The Balaban J connectivity index is 1.34. The predicted molar refractivity (Wildman–Crippen MR) is 120 cm³/mol. The van der Waals surface area contributed by atoms with Gasteiger partial charge in [0.05, 0.1) is 15.2 Å². The van der Waals surface area contributed by atoms with Crippen molar-refractivity contribution in [3.05, 3.63) is 69.6 Å². The van der Waals surface area contributed by atoms with Crippen LogP contribution in [0.4, 0.5) is 0 Å². The summed E-state index contributed by atoms with van der Waals surface area (Å²) < 4.78 is 1.21. The molecular formula is C22H18ClN3OS2. The Bertz CT molecular complexity index is 1140. The maximum Gasteiger partial charge on any atom is 0.273 e. The number of para-hydroxylation sites is 1. The smallest absolute Gasteiger partial charge is 0.273 e. The van der Waals surface area contributed by atoms with Crippen LogP contribution < -0.4 is 0 Å². The van der Waals surface area contributed by atoms with Crippen LogP contribution in [-0.4, -0.2) is 33.9 Å². The van der Waals surface area contributed by atoms with E-state index in [4.69, 9.17) is 16.6 Å². The summed E-state index contributed by atoms with van der Waals surface area (Å²) in [5, 5.41) is 4.51. The molecule has 0 radical (unpaired) electrons. The largest absolute Gasteiger partial charge is 0.337 e. The van der Waals surface area contributed by atoms with E-state index in [2.05, 4.69) is 17.1 Å². The number of nitrogens with zero attached hydrogens (tertiary/aromatic N) is 3. The van der Waals surface area contributed by atoms with Crippen molar-refractivity contribution in [2.24, 2.45) is 0 Å². The van der Waals surface area contributed by atoms with E-state index in [9.17, 15) is 4.79 Å². The third-order valence-corrected chi connectivity index (χ3v) is 7.52. The van der Waals surface area contributed by atoms with Crippen LogP contribution in [0.25, 0.3) is 20.8 Å². The van der Waals surface area contributed by atoms with Gasteiger partial charge in [0.25, 0.3) is 5.91 Å². The number of aromatic nitrogens is 2. The minimum absolute atomic E-state index is 0.00674. The zero-order valence-electron chi connectivity index (χ0n) is 15.5. The van der Waals surface area contributed by atoms with Gasteiger partial charge in [0.15, 0.2) is 0 Å². The van der Waals surface area contributed by atoms with Gasteiger partial charge in [-0.2, -0.15) is 0 Å². The van der Waals surface area contributed by atoms with E-state index >= 15 is 0 Å². The number of halogens is 1. The number of fused-ring (bicyclic) bond motifs is 1. The maximum atomic E-state index is 13.1. The summed E-state index contributed by atoms with van der Waals surface area (Å²) in [5.41, 5.74) is 2.54. The van der Waals surface area contributed by atoms with Gasteiger partial charge in [-0.25, -0.2) is 9.97 Å². The fourth-order valence-corrected chi connectivity index (χ4v) is 5.71. The first-order valence-electron chi connectivity index (χ1n) is 9.53. The number of hydrogen-bond acceptors (Lipinski definition) is 5. The lowest BCUT2D eigenvalue weighted by Crippen LogP contribution is -2.39. The highest BCUT2D eigenvalue weighted by atomic mass is 35.5. The highest BCUT2D eigenvalue weighted by Crippen LogP contribution is 2.34. The molecule has 29 heavy (non-hydrogen) atoms. The van der Waals surface area contributed by atoms with Crippen LogP contribution in [0.5, 0.6) is 0 Å². The van der Waals surface area contributed by atoms with Crippen molar-refractivity contribution < 1.29 is 4.79 Å². The Kier molecular flexibility index (Phi) is 5.08. The van der Waals surface area contributed by atoms with Crippen molar-refractivity contribution in [1.82, 2.24) is 14.9 Å². The van der Waals surface area contributed by atoms with Gasteiger partial charge in [0.1, 0.15) is 10.7 Å². The molecule has 1 amide bonds. The molecule has 0 spiro atoms. The summed E-state index contributed by atoms with van der Waals surface area (Å²) in [7, 11) is 0. The molecule has 0 N–H and O–H groups in total. The zero-order valence-corrected chi connectivity index (χ0v) is 17.9. The van der Waals surface area contributed by atoms with Gasteiger partial charge in [0.2, 0.25) is 0 Å². The van der Waals surface area contributed by atoms with E-state index in [1.807, 2.05) is 46.7 Å². The first-order chi connectivity index (χ1) is 14.2. The molecule has 0 aliphatic carbocycles. The minimum Gasteiger partial charge on any atom is -0.337 e. The van der Waals surface area contributed by atoms with E-state index in [0.29, 0.717) is 23.2 Å². The second kappa shape index (κ2) is 7.86. The molecule has 1 atom stereocenters. The lowest BCUT2D eigenvalue weighted by Gasteiger charge is -2.31. The number of rotatable bonds is 3. The average Bonchev–Trinajstić information content (AvgIpc) is 3.41. The van der Waals surface area contributed by atoms with Crippen molar-refractivity contribution >= 4 is 50.4 Å². The fourth-order valence-electron chi connectivity index (χ4n) is 3.69. The summed E-state index contributed by atoms with van der Waals surface area (Å²) >= 11 is 9.20. The summed E-state index contributed by atoms with van der Waals surface area (Å²) in [5.74, 6) is 0.298. The van der Waals surface area contributed by atoms with E-state index < -0.39 is 0 Å². The Hall–Kier alpha value is -2.28. The number of carbonyl (C=O) groups is 1. The lowest BCUT2D eigenvalue weighted by atomic mass is 9.98. The molecule has 5 rings (SSSR count). The molecule has 4 aromatic rings. The number of likely N-dealkylation sites (tertiary alicyclic amines) is 1. The molecule has 1 aliphatic rings. The molecule has 1 fully saturated rings. The summed E-state index contributed by atoms with van der Waals surface area (Å²) in [6, 6.07) is 15.8. The molecule has 0 saturated carbocycles. The monoisotopic (exact) mass is 439 g/mol. The number of hydrogen-bond donors (Lipinski definition) is 0. The van der Waals surface area contributed by atoms with Gasteiger partial charge in [0, 0.05) is 35.0 Å². The highest BCUT2D eigenvalue weighted by molar-refractivity contribution is 7.18. The van der Waals surface area contributed by atoms with E-state index in [0.717, 1.165) is 40.5 Å². The molecule has 7 heteroatoms. The zero-order chi connectivity index (χ0) is 19.8. The number of carbonyl (C=O) groups excluding carboxylic acids is 1. The van der Waals surface area contributed by atoms with Crippen molar-refractivity contribution in [1.29, 1.82) is 0 Å². The molecule has 1 unspecified atom stereocenters. The molecule has 1 saturated heterocycles. The van der Waals surface area contributed by atoms with Gasteiger partial charge in [-0.05, 0) is 37.1 Å². The lowest BCUT2D eigenvalue weighted by molar-refractivity contribution is 0.0702. The van der Waals surface area contributed by atoms with Crippen LogP contribution in [0.1, 0.15) is 34.3 Å². The summed E-state index contributed by atoms with van der Waals surface area (Å²) in [4.78, 5) is 24.4. The Morgan fingerprint density at radius 2 is 1.93 bits per heavy atom. The predicted octanol–water partition coefficient (Wildman–Crippen LogP) is 6.09. The highest BCUT2D eigenvalue weighted by Gasteiger charge is 2.28. The Morgan fingerprint density at radius 3 is 2.76 bits per heavy atom. The first kappa shape index (κ1) is 18.7. The summed E-state index contributed by atoms with van der Waals surface area (Å²) in [6.45, 7) is 1.47. The van der Waals surface area contributed by atoms with Crippen LogP contribution >= 0.6 is 34.3 Å². The van der Waals surface area contributed by atoms with Crippen molar-refractivity contribution in [3.63, 3.8) is 0 Å². The van der Waals surface area contributed by atoms with E-state index in [1.54, 1.807) is 11.3 Å². The first-order valence-corrected chi connectivity index (χ1v) is 11.6. The molecular weight excluding hydrogens is 422 g/mol. The topological polar surface area (TPSA) is 46.1 Å². The number of benzene rings is 2.